The Labute approximate surface area is 98.4 Å². The van der Waals surface area contributed by atoms with Gasteiger partial charge in [-0.15, -0.1) is 0 Å². The quantitative estimate of drug-likeness (QED) is 0.572. The molecule has 1 atom stereocenters. The lowest BCUT2D eigenvalue weighted by molar-refractivity contribution is 0.580. The first-order chi connectivity index (χ1) is 7.84. The van der Waals surface area contributed by atoms with E-state index >= 15 is 0 Å². The van der Waals surface area contributed by atoms with Crippen molar-refractivity contribution in [1.29, 1.82) is 0 Å². The highest BCUT2D eigenvalue weighted by Gasteiger charge is 2.02. The highest BCUT2D eigenvalue weighted by Crippen LogP contribution is 2.12. The second-order valence-electron chi connectivity index (χ2n) is 4.05. The van der Waals surface area contributed by atoms with E-state index in [1.165, 1.54) is 5.56 Å². The van der Waals surface area contributed by atoms with Crippen LogP contribution in [-0.2, 0) is 0 Å². The van der Waals surface area contributed by atoms with Gasteiger partial charge in [0.1, 0.15) is 0 Å². The van der Waals surface area contributed by atoms with Crippen LogP contribution in [0.2, 0.25) is 0 Å². The third kappa shape index (κ3) is 5.26. The maximum atomic E-state index is 5.38. The van der Waals surface area contributed by atoms with Gasteiger partial charge in [-0.05, 0) is 11.5 Å². The topological polar surface area (TPSA) is 50.1 Å². The Morgan fingerprint density at radius 3 is 2.44 bits per heavy atom. The number of hydrogen-bond acceptors (Lipinski definition) is 3. The molecule has 0 spiro atoms. The molecule has 3 heteroatoms. The minimum Gasteiger partial charge on any atom is -0.329 e. The van der Waals surface area contributed by atoms with Gasteiger partial charge < -0.3 is 16.4 Å². The summed E-state index contributed by atoms with van der Waals surface area (Å²) in [6.07, 6.45) is 0. The van der Waals surface area contributed by atoms with Crippen LogP contribution in [0, 0.1) is 0 Å². The average molecular weight is 221 g/mol. The molecule has 0 saturated heterocycles. The van der Waals surface area contributed by atoms with Gasteiger partial charge >= 0.3 is 0 Å². The third-order valence-corrected chi connectivity index (χ3v) is 2.62. The van der Waals surface area contributed by atoms with E-state index in [9.17, 15) is 0 Å². The lowest BCUT2D eigenvalue weighted by Gasteiger charge is -2.13. The molecular formula is C13H23N3. The van der Waals surface area contributed by atoms with Crippen molar-refractivity contribution in [2.24, 2.45) is 5.73 Å². The predicted octanol–water partition coefficient (Wildman–Crippen LogP) is 0.928. The summed E-state index contributed by atoms with van der Waals surface area (Å²) in [5.74, 6) is 0.565. The number of rotatable bonds is 8. The van der Waals surface area contributed by atoms with Gasteiger partial charge in [-0.2, -0.15) is 0 Å². The maximum absolute atomic E-state index is 5.38. The Morgan fingerprint density at radius 2 is 1.75 bits per heavy atom. The van der Waals surface area contributed by atoms with E-state index in [-0.39, 0.29) is 0 Å². The van der Waals surface area contributed by atoms with E-state index in [0.29, 0.717) is 12.5 Å². The van der Waals surface area contributed by atoms with E-state index < -0.39 is 0 Å². The molecule has 0 saturated carbocycles. The molecule has 1 aromatic carbocycles. The van der Waals surface area contributed by atoms with Gasteiger partial charge in [0.25, 0.3) is 0 Å². The summed E-state index contributed by atoms with van der Waals surface area (Å²) in [5.41, 5.74) is 6.78. The third-order valence-electron chi connectivity index (χ3n) is 2.62. The summed E-state index contributed by atoms with van der Waals surface area (Å²) >= 11 is 0. The second kappa shape index (κ2) is 8.28. The summed E-state index contributed by atoms with van der Waals surface area (Å²) in [6.45, 7) is 6.86. The van der Waals surface area contributed by atoms with Crippen LogP contribution in [0.5, 0.6) is 0 Å². The highest BCUT2D eigenvalue weighted by atomic mass is 14.9. The van der Waals surface area contributed by atoms with Gasteiger partial charge in [0, 0.05) is 32.7 Å². The van der Waals surface area contributed by atoms with Crippen LogP contribution in [0.25, 0.3) is 0 Å². The van der Waals surface area contributed by atoms with Crippen LogP contribution in [0.1, 0.15) is 18.4 Å². The Balaban J connectivity index is 2.09. The summed E-state index contributed by atoms with van der Waals surface area (Å²) in [4.78, 5) is 0. The molecule has 1 aromatic rings. The number of nitrogens with one attached hydrogen (secondary N) is 2. The van der Waals surface area contributed by atoms with Gasteiger partial charge in [0.2, 0.25) is 0 Å². The van der Waals surface area contributed by atoms with Crippen LogP contribution in [0.15, 0.2) is 30.3 Å². The molecule has 0 fully saturated rings. The number of hydrogen-bond donors (Lipinski definition) is 3. The van der Waals surface area contributed by atoms with Crippen LogP contribution in [-0.4, -0.2) is 32.7 Å². The zero-order valence-corrected chi connectivity index (χ0v) is 10.1. The monoisotopic (exact) mass is 221 g/mol. The first kappa shape index (κ1) is 13.2. The number of nitrogens with two attached hydrogens (primary N) is 1. The fourth-order valence-corrected chi connectivity index (χ4v) is 1.62. The van der Waals surface area contributed by atoms with E-state index in [1.807, 2.05) is 0 Å². The fourth-order valence-electron chi connectivity index (χ4n) is 1.62. The minimum atomic E-state index is 0.565. The van der Waals surface area contributed by atoms with Gasteiger partial charge in [-0.1, -0.05) is 37.3 Å². The molecule has 0 aliphatic rings. The van der Waals surface area contributed by atoms with Crippen molar-refractivity contribution in [2.75, 3.05) is 32.7 Å². The second-order valence-corrected chi connectivity index (χ2v) is 4.05. The molecule has 4 N–H and O–H groups in total. The van der Waals surface area contributed by atoms with Crippen molar-refractivity contribution >= 4 is 0 Å². The van der Waals surface area contributed by atoms with E-state index in [0.717, 1.165) is 26.2 Å². The van der Waals surface area contributed by atoms with Crippen molar-refractivity contribution in [2.45, 2.75) is 12.8 Å². The van der Waals surface area contributed by atoms with Crippen LogP contribution in [0.4, 0.5) is 0 Å². The Hall–Kier alpha value is -0.900. The summed E-state index contributed by atoms with van der Waals surface area (Å²) in [7, 11) is 0. The lowest BCUT2D eigenvalue weighted by atomic mass is 10.0. The molecular weight excluding hydrogens is 198 g/mol. The van der Waals surface area contributed by atoms with E-state index in [1.54, 1.807) is 0 Å². The molecule has 0 bridgehead atoms. The summed E-state index contributed by atoms with van der Waals surface area (Å²) < 4.78 is 0. The van der Waals surface area contributed by atoms with Crippen molar-refractivity contribution in [3.8, 4) is 0 Å². The molecule has 1 unspecified atom stereocenters. The Kier molecular flexibility index (Phi) is 6.81. The van der Waals surface area contributed by atoms with Crippen molar-refractivity contribution in [1.82, 2.24) is 10.6 Å². The van der Waals surface area contributed by atoms with Gasteiger partial charge in [-0.3, -0.25) is 0 Å². The van der Waals surface area contributed by atoms with Crippen molar-refractivity contribution in [3.05, 3.63) is 35.9 Å². The molecule has 0 aromatic heterocycles. The molecule has 0 amide bonds. The SMILES string of the molecule is CC(CNCCNCCN)c1ccccc1. The number of benzene rings is 1. The Bertz CT molecular complexity index is 261. The first-order valence-corrected chi connectivity index (χ1v) is 6.01. The van der Waals surface area contributed by atoms with Gasteiger partial charge in [-0.25, -0.2) is 0 Å². The lowest BCUT2D eigenvalue weighted by Crippen LogP contribution is -2.32. The zero-order chi connectivity index (χ0) is 11.6. The van der Waals surface area contributed by atoms with Crippen LogP contribution in [0.3, 0.4) is 0 Å². The molecule has 3 nitrogen and oxygen atoms in total. The molecule has 0 radical (unpaired) electrons. The highest BCUT2D eigenvalue weighted by molar-refractivity contribution is 5.18. The standard InChI is InChI=1S/C13H23N3/c1-12(13-5-3-2-4-6-13)11-16-10-9-15-8-7-14/h2-6,12,15-16H,7-11,14H2,1H3. The summed E-state index contributed by atoms with van der Waals surface area (Å²) in [5, 5.41) is 6.70. The normalized spacial score (nSPS) is 12.6. The molecule has 16 heavy (non-hydrogen) atoms. The molecule has 1 rings (SSSR count). The average Bonchev–Trinajstić information content (AvgIpc) is 2.34. The largest absolute Gasteiger partial charge is 0.329 e. The van der Waals surface area contributed by atoms with Crippen molar-refractivity contribution < 1.29 is 0 Å². The van der Waals surface area contributed by atoms with Crippen LogP contribution >= 0.6 is 0 Å². The minimum absolute atomic E-state index is 0.565. The molecule has 90 valence electrons. The van der Waals surface area contributed by atoms with Gasteiger partial charge in [0.05, 0.1) is 0 Å². The van der Waals surface area contributed by atoms with Gasteiger partial charge in [0.15, 0.2) is 0 Å². The predicted molar refractivity (Wildman–Crippen MR) is 69.7 cm³/mol. The first-order valence-electron chi connectivity index (χ1n) is 6.01. The smallest absolute Gasteiger partial charge is 0.00772 e. The van der Waals surface area contributed by atoms with E-state index in [4.69, 9.17) is 5.73 Å². The van der Waals surface area contributed by atoms with Crippen LogP contribution < -0.4 is 16.4 Å². The van der Waals surface area contributed by atoms with E-state index in [2.05, 4.69) is 47.9 Å². The molecule has 0 heterocycles. The fraction of sp³-hybridized carbons (Fsp3) is 0.538. The molecule has 0 aliphatic carbocycles. The zero-order valence-electron chi connectivity index (χ0n) is 10.1. The molecule has 0 aliphatic heterocycles. The Morgan fingerprint density at radius 1 is 1.06 bits per heavy atom. The maximum Gasteiger partial charge on any atom is 0.00772 e. The van der Waals surface area contributed by atoms with Crippen molar-refractivity contribution in [3.63, 3.8) is 0 Å². The summed E-state index contributed by atoms with van der Waals surface area (Å²) in [6, 6.07) is 10.6.